The van der Waals surface area contributed by atoms with Gasteiger partial charge in [-0.05, 0) is 24.8 Å². The molecule has 0 aliphatic carbocycles. The monoisotopic (exact) mass is 294 g/mol. The summed E-state index contributed by atoms with van der Waals surface area (Å²) in [5.41, 5.74) is -0.850. The summed E-state index contributed by atoms with van der Waals surface area (Å²) in [5.74, 6) is 0.474. The molecule has 0 spiro atoms. The fourth-order valence-electron chi connectivity index (χ4n) is 2.22. The second-order valence-electron chi connectivity index (χ2n) is 4.66. The van der Waals surface area contributed by atoms with Crippen molar-refractivity contribution in [1.82, 2.24) is 4.98 Å². The second-order valence-corrected chi connectivity index (χ2v) is 5.07. The third-order valence-electron chi connectivity index (χ3n) is 3.23. The quantitative estimate of drug-likeness (QED) is 0.911. The van der Waals surface area contributed by atoms with Gasteiger partial charge < -0.3 is 10.0 Å². The van der Waals surface area contributed by atoms with Gasteiger partial charge in [0.15, 0.2) is 0 Å². The van der Waals surface area contributed by atoms with E-state index in [1.807, 2.05) is 4.90 Å². The maximum Gasteiger partial charge on any atom is 0.417 e. The first-order chi connectivity index (χ1) is 8.91. The Kier molecular flexibility index (Phi) is 4.20. The van der Waals surface area contributed by atoms with Gasteiger partial charge in [0, 0.05) is 25.9 Å². The zero-order valence-electron chi connectivity index (χ0n) is 10.1. The molecule has 2 heterocycles. The van der Waals surface area contributed by atoms with Crippen LogP contribution in [0.5, 0.6) is 0 Å². The summed E-state index contributed by atoms with van der Waals surface area (Å²) in [6.45, 7) is 1.32. The van der Waals surface area contributed by atoms with E-state index in [9.17, 15) is 13.2 Å². The molecule has 1 N–H and O–H groups in total. The highest BCUT2D eigenvalue weighted by Gasteiger charge is 2.32. The fourth-order valence-corrected chi connectivity index (χ4v) is 2.51. The number of hydrogen-bond donors (Lipinski definition) is 1. The van der Waals surface area contributed by atoms with E-state index in [0.717, 1.165) is 25.1 Å². The number of piperidine rings is 1. The van der Waals surface area contributed by atoms with Crippen molar-refractivity contribution in [1.29, 1.82) is 0 Å². The van der Waals surface area contributed by atoms with Crippen molar-refractivity contribution in [3.05, 3.63) is 22.8 Å². The highest BCUT2D eigenvalue weighted by Crippen LogP contribution is 2.34. The zero-order chi connectivity index (χ0) is 14.0. The maximum absolute atomic E-state index is 12.5. The molecule has 7 heteroatoms. The topological polar surface area (TPSA) is 36.4 Å². The Bertz CT molecular complexity index is 453. The first-order valence-electron chi connectivity index (χ1n) is 6.00. The lowest BCUT2D eigenvalue weighted by atomic mass is 9.99. The minimum Gasteiger partial charge on any atom is -0.396 e. The number of pyridine rings is 1. The summed E-state index contributed by atoms with van der Waals surface area (Å²) >= 11 is 5.89. The summed E-state index contributed by atoms with van der Waals surface area (Å²) < 4.78 is 37.5. The molecule has 1 aromatic heterocycles. The molecule has 2 rings (SSSR count). The van der Waals surface area contributed by atoms with Gasteiger partial charge in [0.25, 0.3) is 0 Å². The molecular weight excluding hydrogens is 281 g/mol. The van der Waals surface area contributed by atoms with Crippen molar-refractivity contribution in [2.75, 3.05) is 24.6 Å². The second kappa shape index (κ2) is 5.54. The minimum absolute atomic E-state index is 0.00610. The van der Waals surface area contributed by atoms with E-state index in [1.54, 1.807) is 0 Å². The van der Waals surface area contributed by atoms with Crippen LogP contribution in [0.15, 0.2) is 12.3 Å². The molecule has 106 valence electrons. The molecule has 3 nitrogen and oxygen atoms in total. The van der Waals surface area contributed by atoms with Gasteiger partial charge in [-0.3, -0.25) is 0 Å². The normalized spacial score (nSPS) is 20.7. The molecule has 1 unspecified atom stereocenters. The first kappa shape index (κ1) is 14.4. The molecule has 1 saturated heterocycles. The predicted molar refractivity (Wildman–Crippen MR) is 66.3 cm³/mol. The average molecular weight is 295 g/mol. The van der Waals surface area contributed by atoms with E-state index in [4.69, 9.17) is 16.7 Å². The smallest absolute Gasteiger partial charge is 0.396 e. The summed E-state index contributed by atoms with van der Waals surface area (Å²) in [4.78, 5) is 5.66. The molecule has 0 amide bonds. The van der Waals surface area contributed by atoms with Crippen molar-refractivity contribution >= 4 is 17.4 Å². The summed E-state index contributed by atoms with van der Waals surface area (Å²) in [7, 11) is 0. The maximum atomic E-state index is 12.5. The lowest BCUT2D eigenvalue weighted by Gasteiger charge is -2.33. The molecule has 0 saturated carbocycles. The lowest BCUT2D eigenvalue weighted by Crippen LogP contribution is -2.37. The molecule has 0 bridgehead atoms. The lowest BCUT2D eigenvalue weighted by molar-refractivity contribution is -0.137. The SMILES string of the molecule is OCC1CCCN(c2ncc(C(F)(F)F)cc2Cl)C1. The molecule has 0 aromatic carbocycles. The largest absolute Gasteiger partial charge is 0.417 e. The molecule has 1 aliphatic heterocycles. The standard InChI is InChI=1S/C12H14ClF3N2O/c13-10-4-9(12(14,15)16)5-17-11(10)18-3-1-2-8(6-18)7-19/h4-5,8,19H,1-3,6-7H2. The van der Waals surface area contributed by atoms with Crippen molar-refractivity contribution < 1.29 is 18.3 Å². The highest BCUT2D eigenvalue weighted by atomic mass is 35.5. The van der Waals surface area contributed by atoms with Crippen LogP contribution in [-0.4, -0.2) is 29.8 Å². The number of nitrogens with zero attached hydrogens (tertiary/aromatic N) is 2. The van der Waals surface area contributed by atoms with Crippen LogP contribution in [-0.2, 0) is 6.18 Å². The van der Waals surface area contributed by atoms with E-state index in [0.29, 0.717) is 18.9 Å². The molecular formula is C12H14ClF3N2O. The Hall–Kier alpha value is -1.01. The number of anilines is 1. The molecule has 1 fully saturated rings. The third-order valence-corrected chi connectivity index (χ3v) is 3.50. The predicted octanol–water partition coefficient (Wildman–Crippen LogP) is 2.96. The Labute approximate surface area is 114 Å². The van der Waals surface area contributed by atoms with Crippen LogP contribution in [0, 0.1) is 5.92 Å². The van der Waals surface area contributed by atoms with Crippen molar-refractivity contribution in [2.24, 2.45) is 5.92 Å². The molecule has 1 aromatic rings. The Morgan fingerprint density at radius 3 is 2.79 bits per heavy atom. The van der Waals surface area contributed by atoms with E-state index >= 15 is 0 Å². The van der Waals surface area contributed by atoms with Gasteiger partial charge in [-0.15, -0.1) is 0 Å². The highest BCUT2D eigenvalue weighted by molar-refractivity contribution is 6.33. The number of aliphatic hydroxyl groups is 1. The summed E-state index contributed by atoms with van der Waals surface area (Å²) in [6.07, 6.45) is -1.87. The van der Waals surface area contributed by atoms with Crippen molar-refractivity contribution in [2.45, 2.75) is 19.0 Å². The third kappa shape index (κ3) is 3.30. The van der Waals surface area contributed by atoms with Gasteiger partial charge in [0.2, 0.25) is 0 Å². The van der Waals surface area contributed by atoms with Gasteiger partial charge >= 0.3 is 6.18 Å². The number of alkyl halides is 3. The molecule has 1 aliphatic rings. The zero-order valence-corrected chi connectivity index (χ0v) is 10.9. The number of hydrogen-bond acceptors (Lipinski definition) is 3. The fraction of sp³-hybridized carbons (Fsp3) is 0.583. The van der Waals surface area contributed by atoms with E-state index < -0.39 is 11.7 Å². The van der Waals surface area contributed by atoms with Gasteiger partial charge in [-0.25, -0.2) is 4.98 Å². The van der Waals surface area contributed by atoms with E-state index in [1.165, 1.54) is 0 Å². The Morgan fingerprint density at radius 1 is 1.47 bits per heavy atom. The molecule has 19 heavy (non-hydrogen) atoms. The number of aliphatic hydroxyl groups excluding tert-OH is 1. The minimum atomic E-state index is -4.44. The molecule has 1 atom stereocenters. The number of rotatable bonds is 2. The van der Waals surface area contributed by atoms with Gasteiger partial charge in [-0.2, -0.15) is 13.2 Å². The first-order valence-corrected chi connectivity index (χ1v) is 6.38. The summed E-state index contributed by atoms with van der Waals surface area (Å²) in [5, 5.41) is 9.14. The van der Waals surface area contributed by atoms with Crippen LogP contribution >= 0.6 is 11.6 Å². The van der Waals surface area contributed by atoms with Crippen LogP contribution in [0.3, 0.4) is 0 Å². The Balaban J connectivity index is 2.21. The van der Waals surface area contributed by atoms with Crippen LogP contribution in [0.25, 0.3) is 0 Å². The van der Waals surface area contributed by atoms with Crippen LogP contribution in [0.4, 0.5) is 19.0 Å². The average Bonchev–Trinajstić information content (AvgIpc) is 2.37. The van der Waals surface area contributed by atoms with Gasteiger partial charge in [-0.1, -0.05) is 11.6 Å². The number of aromatic nitrogens is 1. The van der Waals surface area contributed by atoms with Crippen LogP contribution in [0.1, 0.15) is 18.4 Å². The van der Waals surface area contributed by atoms with Gasteiger partial charge in [0.1, 0.15) is 5.82 Å². The van der Waals surface area contributed by atoms with Crippen molar-refractivity contribution in [3.8, 4) is 0 Å². The van der Waals surface area contributed by atoms with Crippen LogP contribution < -0.4 is 4.90 Å². The summed E-state index contributed by atoms with van der Waals surface area (Å²) in [6, 6.07) is 0.895. The van der Waals surface area contributed by atoms with Crippen molar-refractivity contribution in [3.63, 3.8) is 0 Å². The molecule has 0 radical (unpaired) electrons. The van der Waals surface area contributed by atoms with E-state index in [2.05, 4.69) is 4.98 Å². The van der Waals surface area contributed by atoms with E-state index in [-0.39, 0.29) is 17.5 Å². The Morgan fingerprint density at radius 2 is 2.21 bits per heavy atom. The van der Waals surface area contributed by atoms with Gasteiger partial charge in [0.05, 0.1) is 10.6 Å². The van der Waals surface area contributed by atoms with Crippen LogP contribution in [0.2, 0.25) is 5.02 Å². The number of halogens is 4.